The van der Waals surface area contributed by atoms with Crippen molar-refractivity contribution in [2.75, 3.05) is 5.73 Å². The van der Waals surface area contributed by atoms with E-state index >= 15 is 0 Å². The van der Waals surface area contributed by atoms with Gasteiger partial charge in [-0.3, -0.25) is 0 Å². The van der Waals surface area contributed by atoms with Crippen LogP contribution in [0.5, 0.6) is 5.88 Å². The second-order valence-electron chi connectivity index (χ2n) is 4.73. The zero-order chi connectivity index (χ0) is 14.8. The highest BCUT2D eigenvalue weighted by Crippen LogP contribution is 2.22. The number of benzene rings is 1. The number of anilines is 1. The van der Waals surface area contributed by atoms with Crippen molar-refractivity contribution in [3.8, 4) is 5.88 Å². The zero-order valence-electron chi connectivity index (χ0n) is 11.9. The summed E-state index contributed by atoms with van der Waals surface area (Å²) in [5.74, 6) is 0.486. The predicted molar refractivity (Wildman–Crippen MR) is 79.8 cm³/mol. The Bertz CT molecular complexity index is 789. The summed E-state index contributed by atoms with van der Waals surface area (Å²) in [4.78, 5) is 17.1. The van der Waals surface area contributed by atoms with Gasteiger partial charge in [0.15, 0.2) is 11.2 Å². The number of rotatable bonds is 3. The lowest BCUT2D eigenvalue weighted by molar-refractivity contribution is 0.297. The highest BCUT2D eigenvalue weighted by molar-refractivity contribution is 5.76. The molecule has 2 N–H and O–H groups in total. The van der Waals surface area contributed by atoms with Gasteiger partial charge in [0, 0.05) is 0 Å². The summed E-state index contributed by atoms with van der Waals surface area (Å²) in [5, 5.41) is 0. The molecular weight excluding hydrogens is 266 g/mol. The largest absolute Gasteiger partial charge is 0.471 e. The van der Waals surface area contributed by atoms with Crippen molar-refractivity contribution in [1.29, 1.82) is 0 Å². The third-order valence-electron chi connectivity index (χ3n) is 3.15. The maximum atomic E-state index is 5.75. The molecule has 21 heavy (non-hydrogen) atoms. The summed E-state index contributed by atoms with van der Waals surface area (Å²) < 4.78 is 5.75. The fraction of sp³-hybridized carbons (Fsp3) is 0.200. The molecule has 0 aliphatic heterocycles. The lowest BCUT2D eigenvalue weighted by Gasteiger charge is -2.09. The first kappa shape index (κ1) is 13.2. The fourth-order valence-electron chi connectivity index (χ4n) is 1.93. The molecule has 0 unspecified atom stereocenters. The summed E-state index contributed by atoms with van der Waals surface area (Å²) >= 11 is 0. The number of hydrogen-bond donors (Lipinski definition) is 1. The van der Waals surface area contributed by atoms with Crippen molar-refractivity contribution in [2.24, 2.45) is 0 Å². The SMILES string of the molecule is Cc1nc2nc(N)nc(OCc3ccccc3)c2nc1C. The lowest BCUT2D eigenvalue weighted by atomic mass is 10.2. The van der Waals surface area contributed by atoms with E-state index in [0.717, 1.165) is 17.0 Å². The van der Waals surface area contributed by atoms with Gasteiger partial charge in [0.1, 0.15) is 6.61 Å². The van der Waals surface area contributed by atoms with Gasteiger partial charge in [0.2, 0.25) is 11.8 Å². The van der Waals surface area contributed by atoms with Crippen LogP contribution in [0.15, 0.2) is 30.3 Å². The van der Waals surface area contributed by atoms with Crippen LogP contribution in [0, 0.1) is 13.8 Å². The maximum Gasteiger partial charge on any atom is 0.247 e. The molecule has 6 heteroatoms. The van der Waals surface area contributed by atoms with Crippen LogP contribution >= 0.6 is 0 Å². The molecule has 0 amide bonds. The van der Waals surface area contributed by atoms with E-state index in [2.05, 4.69) is 19.9 Å². The van der Waals surface area contributed by atoms with E-state index in [1.165, 1.54) is 0 Å². The molecule has 0 aliphatic rings. The summed E-state index contributed by atoms with van der Waals surface area (Å²) in [5.41, 5.74) is 9.37. The Hall–Kier alpha value is -2.76. The minimum atomic E-state index is 0.128. The van der Waals surface area contributed by atoms with E-state index in [9.17, 15) is 0 Å². The molecule has 0 aliphatic carbocycles. The van der Waals surface area contributed by atoms with Crippen molar-refractivity contribution in [3.05, 3.63) is 47.3 Å². The monoisotopic (exact) mass is 281 g/mol. The second kappa shape index (κ2) is 5.32. The molecule has 3 rings (SSSR count). The lowest BCUT2D eigenvalue weighted by Crippen LogP contribution is -2.05. The number of hydrogen-bond acceptors (Lipinski definition) is 6. The highest BCUT2D eigenvalue weighted by Gasteiger charge is 2.12. The zero-order valence-corrected chi connectivity index (χ0v) is 11.9. The van der Waals surface area contributed by atoms with Gasteiger partial charge in [0.05, 0.1) is 11.4 Å². The average molecular weight is 281 g/mol. The molecular formula is C15H15N5O. The predicted octanol–water partition coefficient (Wildman–Crippen LogP) is 2.20. The van der Waals surface area contributed by atoms with E-state index < -0.39 is 0 Å². The van der Waals surface area contributed by atoms with Crippen LogP contribution in [0.4, 0.5) is 5.95 Å². The first-order valence-electron chi connectivity index (χ1n) is 6.58. The third kappa shape index (κ3) is 2.74. The van der Waals surface area contributed by atoms with Crippen molar-refractivity contribution < 1.29 is 4.74 Å². The van der Waals surface area contributed by atoms with Crippen LogP contribution < -0.4 is 10.5 Å². The van der Waals surface area contributed by atoms with Crippen LogP contribution in [0.1, 0.15) is 17.0 Å². The normalized spacial score (nSPS) is 10.8. The summed E-state index contributed by atoms with van der Waals surface area (Å²) in [7, 11) is 0. The topological polar surface area (TPSA) is 86.8 Å². The number of ether oxygens (including phenoxy) is 1. The van der Waals surface area contributed by atoms with Crippen molar-refractivity contribution in [3.63, 3.8) is 0 Å². The minimum absolute atomic E-state index is 0.128. The molecule has 2 heterocycles. The highest BCUT2D eigenvalue weighted by atomic mass is 16.5. The number of nitrogens with two attached hydrogens (primary N) is 1. The molecule has 0 saturated carbocycles. The van der Waals surface area contributed by atoms with Crippen LogP contribution in [-0.2, 0) is 6.61 Å². The van der Waals surface area contributed by atoms with Gasteiger partial charge in [-0.05, 0) is 19.4 Å². The molecule has 2 aromatic heterocycles. The molecule has 0 radical (unpaired) electrons. The second-order valence-corrected chi connectivity index (χ2v) is 4.73. The van der Waals surface area contributed by atoms with E-state index in [0.29, 0.717) is 23.7 Å². The summed E-state index contributed by atoms with van der Waals surface area (Å²) in [6.07, 6.45) is 0. The number of nitrogen functional groups attached to an aromatic ring is 1. The van der Waals surface area contributed by atoms with Gasteiger partial charge in [-0.1, -0.05) is 30.3 Å². The first-order valence-corrected chi connectivity index (χ1v) is 6.58. The Morgan fingerprint density at radius 1 is 0.952 bits per heavy atom. The van der Waals surface area contributed by atoms with Gasteiger partial charge in [-0.15, -0.1) is 0 Å². The van der Waals surface area contributed by atoms with E-state index in [1.807, 2.05) is 44.2 Å². The standard InChI is InChI=1S/C15H15N5O/c1-9-10(2)18-13-12(17-9)14(20-15(16)19-13)21-8-11-6-4-3-5-7-11/h3-7H,8H2,1-2H3,(H2,16,18,19,20). The Labute approximate surface area is 122 Å². The third-order valence-corrected chi connectivity index (χ3v) is 3.15. The van der Waals surface area contributed by atoms with E-state index in [-0.39, 0.29) is 5.95 Å². The summed E-state index contributed by atoms with van der Waals surface area (Å²) in [6, 6.07) is 9.83. The Morgan fingerprint density at radius 2 is 1.67 bits per heavy atom. The minimum Gasteiger partial charge on any atom is -0.471 e. The molecule has 6 nitrogen and oxygen atoms in total. The Balaban J connectivity index is 1.99. The number of nitrogens with zero attached hydrogens (tertiary/aromatic N) is 4. The van der Waals surface area contributed by atoms with Crippen LogP contribution in [-0.4, -0.2) is 19.9 Å². The molecule has 3 aromatic rings. The maximum absolute atomic E-state index is 5.75. The summed E-state index contributed by atoms with van der Waals surface area (Å²) in [6.45, 7) is 4.16. The molecule has 0 atom stereocenters. The number of aromatic nitrogens is 4. The Kier molecular flexibility index (Phi) is 3.35. The number of fused-ring (bicyclic) bond motifs is 1. The molecule has 0 bridgehead atoms. The van der Waals surface area contributed by atoms with Gasteiger partial charge in [0.25, 0.3) is 0 Å². The van der Waals surface area contributed by atoms with Gasteiger partial charge >= 0.3 is 0 Å². The molecule has 0 spiro atoms. The fourth-order valence-corrected chi connectivity index (χ4v) is 1.93. The van der Waals surface area contributed by atoms with Crippen LogP contribution in [0.25, 0.3) is 11.2 Å². The molecule has 0 fully saturated rings. The smallest absolute Gasteiger partial charge is 0.247 e. The van der Waals surface area contributed by atoms with Crippen molar-refractivity contribution in [1.82, 2.24) is 19.9 Å². The van der Waals surface area contributed by atoms with Crippen molar-refractivity contribution >= 4 is 17.1 Å². The van der Waals surface area contributed by atoms with E-state index in [1.54, 1.807) is 0 Å². The van der Waals surface area contributed by atoms with Gasteiger partial charge < -0.3 is 10.5 Å². The quantitative estimate of drug-likeness (QED) is 0.792. The number of aryl methyl sites for hydroxylation is 2. The van der Waals surface area contributed by atoms with Crippen LogP contribution in [0.3, 0.4) is 0 Å². The average Bonchev–Trinajstić information content (AvgIpc) is 2.48. The molecule has 0 saturated heterocycles. The Morgan fingerprint density at radius 3 is 2.43 bits per heavy atom. The van der Waals surface area contributed by atoms with E-state index in [4.69, 9.17) is 10.5 Å². The first-order chi connectivity index (χ1) is 10.1. The van der Waals surface area contributed by atoms with Crippen molar-refractivity contribution in [2.45, 2.75) is 20.5 Å². The molecule has 1 aromatic carbocycles. The molecule has 106 valence electrons. The van der Waals surface area contributed by atoms with Gasteiger partial charge in [-0.25, -0.2) is 9.97 Å². The van der Waals surface area contributed by atoms with Crippen LogP contribution in [0.2, 0.25) is 0 Å². The van der Waals surface area contributed by atoms with Gasteiger partial charge in [-0.2, -0.15) is 9.97 Å².